The summed E-state index contributed by atoms with van der Waals surface area (Å²) in [4.78, 5) is 27.2. The van der Waals surface area contributed by atoms with Crippen LogP contribution in [0.2, 0.25) is 0 Å². The van der Waals surface area contributed by atoms with Crippen LogP contribution < -0.4 is 19.7 Å². The number of amides is 2. The first-order chi connectivity index (χ1) is 14.2. The predicted octanol–water partition coefficient (Wildman–Crippen LogP) is 3.93. The monoisotopic (exact) mass is 424 g/mol. The summed E-state index contributed by atoms with van der Waals surface area (Å²) in [6.45, 7) is 7.72. The Balaban J connectivity index is 2.08. The Bertz CT molecular complexity index is 1060. The van der Waals surface area contributed by atoms with Crippen molar-refractivity contribution in [1.29, 1.82) is 0 Å². The van der Waals surface area contributed by atoms with Crippen molar-refractivity contribution in [2.45, 2.75) is 33.8 Å². The summed E-state index contributed by atoms with van der Waals surface area (Å²) in [7, 11) is 1.54. The standard InChI is InChI=1S/C23H24N2O4S/c1-13(2)29-20-16(7-6-8-19(20)28-5)12-18-21(26)24-23(30)25(22(18)27)17-10-9-14(3)15(4)11-17/h6-13H,1-5H3,(H,24,26,30). The summed E-state index contributed by atoms with van der Waals surface area (Å²) in [6, 6.07) is 10.9. The number of nitrogens with one attached hydrogen (secondary N) is 1. The van der Waals surface area contributed by atoms with Crippen molar-refractivity contribution in [3.63, 3.8) is 0 Å². The van der Waals surface area contributed by atoms with Crippen LogP contribution >= 0.6 is 12.2 Å². The molecule has 2 aromatic carbocycles. The molecule has 0 aromatic heterocycles. The van der Waals surface area contributed by atoms with Crippen LogP contribution in [-0.2, 0) is 9.59 Å². The van der Waals surface area contributed by atoms with Gasteiger partial charge >= 0.3 is 0 Å². The molecule has 0 unspecified atom stereocenters. The van der Waals surface area contributed by atoms with Crippen molar-refractivity contribution < 1.29 is 19.1 Å². The third-order valence-corrected chi connectivity index (χ3v) is 5.02. The molecule has 1 aliphatic heterocycles. The van der Waals surface area contributed by atoms with E-state index in [0.717, 1.165) is 11.1 Å². The summed E-state index contributed by atoms with van der Waals surface area (Å²) in [6.07, 6.45) is 1.39. The highest BCUT2D eigenvalue weighted by molar-refractivity contribution is 7.80. The molecule has 0 bridgehead atoms. The molecule has 0 radical (unpaired) electrons. The number of thiocarbonyl (C=S) groups is 1. The molecule has 1 saturated heterocycles. The van der Waals surface area contributed by atoms with Gasteiger partial charge in [-0.15, -0.1) is 0 Å². The molecule has 156 valence electrons. The van der Waals surface area contributed by atoms with E-state index in [1.165, 1.54) is 18.1 Å². The molecule has 2 aromatic rings. The van der Waals surface area contributed by atoms with E-state index < -0.39 is 11.8 Å². The second kappa shape index (κ2) is 8.67. The molecule has 6 nitrogen and oxygen atoms in total. The van der Waals surface area contributed by atoms with Gasteiger partial charge in [0.25, 0.3) is 11.8 Å². The Kier molecular flexibility index (Phi) is 6.22. The molecule has 30 heavy (non-hydrogen) atoms. The Labute approximate surface area is 181 Å². The van der Waals surface area contributed by atoms with Crippen LogP contribution in [0.5, 0.6) is 11.5 Å². The van der Waals surface area contributed by atoms with E-state index in [0.29, 0.717) is 22.7 Å². The highest BCUT2D eigenvalue weighted by Crippen LogP contribution is 2.34. The van der Waals surface area contributed by atoms with Crippen molar-refractivity contribution in [2.75, 3.05) is 12.0 Å². The molecular formula is C23H24N2O4S. The van der Waals surface area contributed by atoms with Gasteiger partial charge in [-0.2, -0.15) is 0 Å². The van der Waals surface area contributed by atoms with E-state index in [9.17, 15) is 9.59 Å². The summed E-state index contributed by atoms with van der Waals surface area (Å²) in [5.41, 5.74) is 3.24. The summed E-state index contributed by atoms with van der Waals surface area (Å²) >= 11 is 5.28. The van der Waals surface area contributed by atoms with Crippen molar-refractivity contribution >= 4 is 40.9 Å². The van der Waals surface area contributed by atoms with Crippen LogP contribution in [0.3, 0.4) is 0 Å². The molecule has 0 spiro atoms. The number of anilines is 1. The van der Waals surface area contributed by atoms with Gasteiger partial charge in [-0.05, 0) is 75.3 Å². The number of carbonyl (C=O) groups excluding carboxylic acids is 2. The first-order valence-corrected chi connectivity index (χ1v) is 9.96. The van der Waals surface area contributed by atoms with Gasteiger partial charge in [0.15, 0.2) is 16.6 Å². The lowest BCUT2D eigenvalue weighted by atomic mass is 10.0. The number of para-hydroxylation sites is 1. The number of carbonyl (C=O) groups is 2. The van der Waals surface area contributed by atoms with E-state index in [2.05, 4.69) is 5.32 Å². The molecule has 1 aliphatic rings. The fourth-order valence-corrected chi connectivity index (χ4v) is 3.36. The summed E-state index contributed by atoms with van der Waals surface area (Å²) < 4.78 is 11.3. The number of benzene rings is 2. The van der Waals surface area contributed by atoms with Crippen LogP contribution in [0.25, 0.3) is 6.08 Å². The molecule has 1 heterocycles. The Morgan fingerprint density at radius 3 is 2.47 bits per heavy atom. The normalized spacial score (nSPS) is 15.6. The second-order valence-electron chi connectivity index (χ2n) is 7.27. The molecule has 0 atom stereocenters. The maximum atomic E-state index is 13.3. The van der Waals surface area contributed by atoms with Gasteiger partial charge in [0.1, 0.15) is 5.57 Å². The smallest absolute Gasteiger partial charge is 0.270 e. The van der Waals surface area contributed by atoms with E-state index in [1.807, 2.05) is 39.8 Å². The van der Waals surface area contributed by atoms with E-state index >= 15 is 0 Å². The molecular weight excluding hydrogens is 400 g/mol. The average Bonchev–Trinajstić information content (AvgIpc) is 2.68. The van der Waals surface area contributed by atoms with Gasteiger partial charge < -0.3 is 9.47 Å². The zero-order chi connectivity index (χ0) is 22.0. The van der Waals surface area contributed by atoms with Crippen molar-refractivity contribution in [2.24, 2.45) is 0 Å². The Hall–Kier alpha value is -3.19. The second-order valence-corrected chi connectivity index (χ2v) is 7.66. The summed E-state index contributed by atoms with van der Waals surface area (Å²) in [5, 5.41) is 2.66. The third kappa shape index (κ3) is 4.21. The quantitative estimate of drug-likeness (QED) is 0.448. The van der Waals surface area contributed by atoms with Crippen LogP contribution in [0, 0.1) is 13.8 Å². The highest BCUT2D eigenvalue weighted by Gasteiger charge is 2.35. The van der Waals surface area contributed by atoms with Gasteiger partial charge in [0, 0.05) is 5.56 Å². The first-order valence-electron chi connectivity index (χ1n) is 9.55. The SMILES string of the molecule is COc1cccc(C=C2C(=O)NC(=S)N(c3ccc(C)c(C)c3)C2=O)c1OC(C)C. The van der Waals surface area contributed by atoms with Gasteiger partial charge in [0.2, 0.25) is 0 Å². The third-order valence-electron chi connectivity index (χ3n) is 4.73. The van der Waals surface area contributed by atoms with Crippen LogP contribution in [0.15, 0.2) is 42.0 Å². The maximum absolute atomic E-state index is 13.3. The Morgan fingerprint density at radius 1 is 1.10 bits per heavy atom. The molecule has 0 saturated carbocycles. The van der Waals surface area contributed by atoms with Crippen LogP contribution in [0.1, 0.15) is 30.5 Å². The lowest BCUT2D eigenvalue weighted by Gasteiger charge is -2.29. The Morgan fingerprint density at radius 2 is 1.83 bits per heavy atom. The molecule has 0 aliphatic carbocycles. The lowest BCUT2D eigenvalue weighted by molar-refractivity contribution is -0.122. The number of aryl methyl sites for hydroxylation is 2. The average molecular weight is 425 g/mol. The maximum Gasteiger partial charge on any atom is 0.270 e. The van der Waals surface area contributed by atoms with Crippen molar-refractivity contribution in [1.82, 2.24) is 5.32 Å². The minimum absolute atomic E-state index is 0.0383. The first kappa shape index (κ1) is 21.5. The van der Waals surface area contributed by atoms with E-state index in [-0.39, 0.29) is 16.8 Å². The molecule has 7 heteroatoms. The minimum atomic E-state index is -0.552. The number of ether oxygens (including phenoxy) is 2. The van der Waals surface area contributed by atoms with E-state index in [4.69, 9.17) is 21.7 Å². The zero-order valence-electron chi connectivity index (χ0n) is 17.6. The summed E-state index contributed by atoms with van der Waals surface area (Å²) in [5.74, 6) is -0.0639. The lowest BCUT2D eigenvalue weighted by Crippen LogP contribution is -2.54. The zero-order valence-corrected chi connectivity index (χ0v) is 18.4. The molecule has 1 fully saturated rings. The minimum Gasteiger partial charge on any atom is -0.493 e. The largest absolute Gasteiger partial charge is 0.493 e. The molecule has 3 rings (SSSR count). The van der Waals surface area contributed by atoms with Gasteiger partial charge in [0.05, 0.1) is 18.9 Å². The van der Waals surface area contributed by atoms with Crippen LogP contribution in [0.4, 0.5) is 5.69 Å². The molecule has 1 N–H and O–H groups in total. The number of rotatable bonds is 5. The number of hydrogen-bond acceptors (Lipinski definition) is 5. The molecule has 2 amide bonds. The fourth-order valence-electron chi connectivity index (χ4n) is 3.08. The van der Waals surface area contributed by atoms with Gasteiger partial charge in [-0.1, -0.05) is 18.2 Å². The van der Waals surface area contributed by atoms with Crippen molar-refractivity contribution in [3.8, 4) is 11.5 Å². The predicted molar refractivity (Wildman–Crippen MR) is 121 cm³/mol. The number of nitrogens with zero attached hydrogens (tertiary/aromatic N) is 1. The van der Waals surface area contributed by atoms with Gasteiger partial charge in [-0.25, -0.2) is 0 Å². The van der Waals surface area contributed by atoms with Crippen molar-refractivity contribution in [3.05, 3.63) is 58.7 Å². The van der Waals surface area contributed by atoms with Gasteiger partial charge in [-0.3, -0.25) is 19.8 Å². The fraction of sp³-hybridized carbons (Fsp3) is 0.261. The van der Waals surface area contributed by atoms with E-state index in [1.54, 1.807) is 24.3 Å². The van der Waals surface area contributed by atoms with Crippen LogP contribution in [-0.4, -0.2) is 30.1 Å². The number of methoxy groups -OCH3 is 1. The number of hydrogen-bond donors (Lipinski definition) is 1. The highest BCUT2D eigenvalue weighted by atomic mass is 32.1. The topological polar surface area (TPSA) is 67.9 Å².